The topological polar surface area (TPSA) is 12.0 Å². The molecule has 0 radical (unpaired) electrons. The fraction of sp³-hybridized carbons (Fsp3) is 0.263. The second kappa shape index (κ2) is 5.36. The molecule has 2 aliphatic rings. The molecule has 5 heteroatoms. The molecule has 0 saturated carbocycles. The first-order valence-electron chi connectivity index (χ1n) is 7.84. The number of hydrogen-bond acceptors (Lipinski definition) is 1. The molecule has 0 amide bonds. The van der Waals surface area contributed by atoms with E-state index in [2.05, 4.69) is 5.32 Å². The summed E-state index contributed by atoms with van der Waals surface area (Å²) in [6, 6.07) is 10.0. The summed E-state index contributed by atoms with van der Waals surface area (Å²) < 4.78 is 54.4. The van der Waals surface area contributed by atoms with Crippen molar-refractivity contribution in [3.8, 4) is 0 Å². The first kappa shape index (κ1) is 15.2. The molecule has 2 aromatic carbocycles. The Hall–Kier alpha value is -2.30. The van der Waals surface area contributed by atoms with Crippen LogP contribution in [-0.2, 0) is 6.18 Å². The lowest BCUT2D eigenvalue weighted by Gasteiger charge is -2.38. The Morgan fingerprint density at radius 2 is 1.71 bits per heavy atom. The number of para-hydroxylation sites is 1. The number of benzene rings is 2. The van der Waals surface area contributed by atoms with E-state index in [0.717, 1.165) is 6.07 Å². The van der Waals surface area contributed by atoms with Gasteiger partial charge in [-0.1, -0.05) is 42.5 Å². The van der Waals surface area contributed by atoms with Crippen LogP contribution in [0.15, 0.2) is 54.6 Å². The van der Waals surface area contributed by atoms with Crippen molar-refractivity contribution in [2.75, 3.05) is 5.32 Å². The van der Waals surface area contributed by atoms with Gasteiger partial charge in [-0.2, -0.15) is 13.2 Å². The smallest absolute Gasteiger partial charge is 0.377 e. The first-order valence-corrected chi connectivity index (χ1v) is 7.84. The fourth-order valence-corrected chi connectivity index (χ4v) is 3.89. The van der Waals surface area contributed by atoms with Crippen LogP contribution >= 0.6 is 0 Å². The molecule has 1 heterocycles. The highest BCUT2D eigenvalue weighted by molar-refractivity contribution is 5.65. The van der Waals surface area contributed by atoms with Gasteiger partial charge in [0.25, 0.3) is 0 Å². The van der Waals surface area contributed by atoms with Crippen LogP contribution in [0.2, 0.25) is 0 Å². The maximum atomic E-state index is 14.3. The first-order chi connectivity index (χ1) is 11.5. The number of anilines is 1. The standard InChI is InChI=1S/C19H15F4N/c20-16-10-2-1-5-14(16)17-12-7-3-6-11(12)13-8-4-9-15(18(13)24-17)19(21,22)23/h1-6,8-12,17,24H,7H2/t11-,12-,17+/m0/s1. The highest BCUT2D eigenvalue weighted by Gasteiger charge is 2.43. The summed E-state index contributed by atoms with van der Waals surface area (Å²) in [5.74, 6) is -0.514. The van der Waals surface area contributed by atoms with Gasteiger partial charge in [0, 0.05) is 11.5 Å². The molecule has 0 spiro atoms. The van der Waals surface area contributed by atoms with Crippen LogP contribution in [-0.4, -0.2) is 0 Å². The van der Waals surface area contributed by atoms with Gasteiger partial charge in [0.15, 0.2) is 0 Å². The van der Waals surface area contributed by atoms with Gasteiger partial charge >= 0.3 is 6.18 Å². The van der Waals surface area contributed by atoms with E-state index in [1.54, 1.807) is 24.3 Å². The summed E-state index contributed by atoms with van der Waals surface area (Å²) in [5.41, 5.74) is 0.432. The Morgan fingerprint density at radius 3 is 2.46 bits per heavy atom. The zero-order valence-corrected chi connectivity index (χ0v) is 12.6. The highest BCUT2D eigenvalue weighted by atomic mass is 19.4. The van der Waals surface area contributed by atoms with Crippen molar-refractivity contribution < 1.29 is 17.6 Å². The van der Waals surface area contributed by atoms with E-state index in [4.69, 9.17) is 0 Å². The third kappa shape index (κ3) is 2.30. The molecule has 24 heavy (non-hydrogen) atoms. The maximum absolute atomic E-state index is 14.3. The fourth-order valence-electron chi connectivity index (χ4n) is 3.89. The average molecular weight is 333 g/mol. The predicted molar refractivity (Wildman–Crippen MR) is 84.2 cm³/mol. The van der Waals surface area contributed by atoms with E-state index >= 15 is 0 Å². The van der Waals surface area contributed by atoms with Crippen molar-refractivity contribution in [2.45, 2.75) is 24.6 Å². The van der Waals surface area contributed by atoms with Crippen LogP contribution < -0.4 is 5.32 Å². The van der Waals surface area contributed by atoms with Crippen molar-refractivity contribution in [3.05, 3.63) is 77.1 Å². The monoisotopic (exact) mass is 333 g/mol. The molecular formula is C19H15F4N. The molecule has 0 aromatic heterocycles. The molecule has 0 bridgehead atoms. The van der Waals surface area contributed by atoms with E-state index in [0.29, 0.717) is 17.5 Å². The number of allylic oxidation sites excluding steroid dienone is 2. The molecule has 0 fully saturated rings. The number of fused-ring (bicyclic) bond motifs is 3. The predicted octanol–water partition coefficient (Wildman–Crippen LogP) is 5.67. The number of rotatable bonds is 1. The summed E-state index contributed by atoms with van der Waals surface area (Å²) in [6.07, 6.45) is 0.179. The van der Waals surface area contributed by atoms with E-state index in [1.807, 2.05) is 12.2 Å². The molecular weight excluding hydrogens is 318 g/mol. The Bertz CT molecular complexity index is 809. The maximum Gasteiger partial charge on any atom is 0.418 e. The minimum Gasteiger partial charge on any atom is -0.377 e. The van der Waals surface area contributed by atoms with Crippen molar-refractivity contribution >= 4 is 5.69 Å². The van der Waals surface area contributed by atoms with Gasteiger partial charge < -0.3 is 5.32 Å². The van der Waals surface area contributed by atoms with E-state index in [-0.39, 0.29) is 17.5 Å². The second-order valence-corrected chi connectivity index (χ2v) is 6.26. The normalized spacial score (nSPS) is 25.1. The number of alkyl halides is 3. The number of nitrogens with one attached hydrogen (secondary N) is 1. The minimum atomic E-state index is -4.45. The summed E-state index contributed by atoms with van der Waals surface area (Å²) >= 11 is 0. The van der Waals surface area contributed by atoms with Crippen LogP contribution in [0.4, 0.5) is 23.2 Å². The lowest BCUT2D eigenvalue weighted by Crippen LogP contribution is -2.31. The van der Waals surface area contributed by atoms with Crippen molar-refractivity contribution in [1.82, 2.24) is 0 Å². The Kier molecular flexibility index (Phi) is 3.41. The third-order valence-electron chi connectivity index (χ3n) is 4.94. The van der Waals surface area contributed by atoms with Crippen molar-refractivity contribution in [1.29, 1.82) is 0 Å². The molecule has 1 N–H and O–H groups in total. The van der Waals surface area contributed by atoms with E-state index < -0.39 is 23.6 Å². The lowest BCUT2D eigenvalue weighted by molar-refractivity contribution is -0.137. The summed E-state index contributed by atoms with van der Waals surface area (Å²) in [6.45, 7) is 0. The highest BCUT2D eigenvalue weighted by Crippen LogP contribution is 2.52. The molecule has 1 nitrogen and oxygen atoms in total. The van der Waals surface area contributed by atoms with Crippen LogP contribution in [0.1, 0.15) is 35.1 Å². The molecule has 124 valence electrons. The van der Waals surface area contributed by atoms with Gasteiger partial charge in [0.2, 0.25) is 0 Å². The molecule has 1 aliphatic carbocycles. The zero-order valence-electron chi connectivity index (χ0n) is 12.6. The van der Waals surface area contributed by atoms with Gasteiger partial charge in [-0.25, -0.2) is 4.39 Å². The molecule has 0 saturated heterocycles. The third-order valence-corrected chi connectivity index (χ3v) is 4.94. The quantitative estimate of drug-likeness (QED) is 0.524. The summed E-state index contributed by atoms with van der Waals surface area (Å²) in [5, 5.41) is 3.00. The largest absolute Gasteiger partial charge is 0.418 e. The summed E-state index contributed by atoms with van der Waals surface area (Å²) in [4.78, 5) is 0. The molecule has 3 atom stereocenters. The Morgan fingerprint density at radius 1 is 0.958 bits per heavy atom. The Labute approximate surface area is 137 Å². The van der Waals surface area contributed by atoms with Gasteiger partial charge in [-0.3, -0.25) is 0 Å². The van der Waals surface area contributed by atoms with Crippen LogP contribution in [0.25, 0.3) is 0 Å². The van der Waals surface area contributed by atoms with E-state index in [9.17, 15) is 17.6 Å². The van der Waals surface area contributed by atoms with Gasteiger partial charge in [-0.05, 0) is 30.0 Å². The van der Waals surface area contributed by atoms with Gasteiger partial charge in [0.1, 0.15) is 5.82 Å². The van der Waals surface area contributed by atoms with Crippen molar-refractivity contribution in [2.24, 2.45) is 5.92 Å². The SMILES string of the molecule is Fc1ccccc1[C@@H]1Nc2c(cccc2C(F)(F)F)[C@H]2C=CC[C@@H]21. The minimum absolute atomic E-state index is 0.0119. The lowest BCUT2D eigenvalue weighted by atomic mass is 9.76. The second-order valence-electron chi connectivity index (χ2n) is 6.26. The number of halogens is 4. The van der Waals surface area contributed by atoms with Crippen molar-refractivity contribution in [3.63, 3.8) is 0 Å². The zero-order chi connectivity index (χ0) is 16.9. The number of hydrogen-bond donors (Lipinski definition) is 1. The van der Waals surface area contributed by atoms with Gasteiger partial charge in [-0.15, -0.1) is 0 Å². The van der Waals surface area contributed by atoms with E-state index in [1.165, 1.54) is 12.1 Å². The average Bonchev–Trinajstić information content (AvgIpc) is 3.03. The molecule has 4 rings (SSSR count). The Balaban J connectivity index is 1.87. The molecule has 2 aromatic rings. The summed E-state index contributed by atoms with van der Waals surface area (Å²) in [7, 11) is 0. The molecule has 1 aliphatic heterocycles. The van der Waals surface area contributed by atoms with Gasteiger partial charge in [0.05, 0.1) is 17.3 Å². The molecule has 0 unspecified atom stereocenters. The van der Waals surface area contributed by atoms with Crippen LogP contribution in [0.3, 0.4) is 0 Å². The van der Waals surface area contributed by atoms with Crippen LogP contribution in [0, 0.1) is 11.7 Å². The van der Waals surface area contributed by atoms with Crippen LogP contribution in [0.5, 0.6) is 0 Å².